The van der Waals surface area contributed by atoms with Crippen molar-refractivity contribution in [3.05, 3.63) is 100 Å². The molecule has 0 saturated heterocycles. The average Bonchev–Trinajstić information content (AvgIpc) is 2.94. The van der Waals surface area contributed by atoms with Gasteiger partial charge in [-0.25, -0.2) is 4.79 Å². The first-order valence-corrected chi connectivity index (χ1v) is 13.6. The predicted molar refractivity (Wildman–Crippen MR) is 163 cm³/mol. The highest BCUT2D eigenvalue weighted by Gasteiger charge is 2.37. The molecule has 2 atom stereocenters. The Hall–Kier alpha value is -4.79. The van der Waals surface area contributed by atoms with Crippen LogP contribution in [0.1, 0.15) is 49.1 Å². The molecule has 216 valence electrons. The number of benzene rings is 3. The van der Waals surface area contributed by atoms with Crippen molar-refractivity contribution in [1.82, 2.24) is 10.2 Å². The summed E-state index contributed by atoms with van der Waals surface area (Å²) in [7, 11) is 0. The van der Waals surface area contributed by atoms with Crippen molar-refractivity contribution in [2.24, 2.45) is 0 Å². The Labute approximate surface area is 251 Å². The molecule has 0 aliphatic rings. The lowest BCUT2D eigenvalue weighted by molar-refractivity contribution is -0.140. The van der Waals surface area contributed by atoms with E-state index in [9.17, 15) is 19.6 Å². The Kier molecular flexibility index (Phi) is 10.7. The minimum atomic E-state index is -1.27. The van der Waals surface area contributed by atoms with Gasteiger partial charge in [-0.3, -0.25) is 9.59 Å². The molecule has 2 unspecified atom stereocenters. The summed E-state index contributed by atoms with van der Waals surface area (Å²) < 4.78 is 5.42. The third-order valence-electron chi connectivity index (χ3n) is 6.22. The van der Waals surface area contributed by atoms with Gasteiger partial charge in [0.15, 0.2) is 0 Å². The minimum Gasteiger partial charge on any atom is -0.444 e. The number of carbonyl (C=O) groups excluding carboxylic acids is 3. The van der Waals surface area contributed by atoms with Crippen molar-refractivity contribution < 1.29 is 19.1 Å². The second-order valence-corrected chi connectivity index (χ2v) is 11.0. The molecule has 0 radical (unpaired) electrons. The predicted octanol–water partition coefficient (Wildman–Crippen LogP) is 5.80. The number of hydrogen-bond acceptors (Lipinski definition) is 5. The normalized spacial score (nSPS) is 12.2. The molecule has 3 amide bonds. The van der Waals surface area contributed by atoms with Crippen molar-refractivity contribution in [2.75, 3.05) is 11.9 Å². The summed E-state index contributed by atoms with van der Waals surface area (Å²) in [6.45, 7) is 6.46. The van der Waals surface area contributed by atoms with Crippen LogP contribution in [0.4, 0.5) is 10.5 Å². The maximum absolute atomic E-state index is 14.2. The van der Waals surface area contributed by atoms with Gasteiger partial charge in [0.05, 0.1) is 16.8 Å². The molecule has 0 spiro atoms. The van der Waals surface area contributed by atoms with Gasteiger partial charge in [-0.15, -0.1) is 6.42 Å². The molecule has 0 aromatic heterocycles. The number of amides is 3. The van der Waals surface area contributed by atoms with Crippen LogP contribution in [0.25, 0.3) is 0 Å². The highest BCUT2D eigenvalue weighted by molar-refractivity contribution is 6.34. The number of hydrogen-bond donors (Lipinski definition) is 2. The molecule has 0 fully saturated rings. The number of nitrogens with one attached hydrogen (secondary N) is 2. The lowest BCUT2D eigenvalue weighted by atomic mass is 9.99. The molecule has 8 nitrogen and oxygen atoms in total. The van der Waals surface area contributed by atoms with Gasteiger partial charge in [-0.05, 0) is 62.6 Å². The number of halogens is 1. The van der Waals surface area contributed by atoms with Gasteiger partial charge in [0.1, 0.15) is 24.2 Å². The Morgan fingerprint density at radius 3 is 2.26 bits per heavy atom. The molecule has 0 heterocycles. The summed E-state index contributed by atoms with van der Waals surface area (Å²) in [5.41, 5.74) is 2.03. The lowest BCUT2D eigenvalue weighted by Crippen LogP contribution is -2.53. The first-order chi connectivity index (χ1) is 19.9. The standard InChI is InChI=1S/C33H33ClN4O4/c1-6-23-15-17-25(18-16-23)29(30(39)37-28-22(2)11-10-14-26(28)34)38(20-19-35)31(40)27(21-24-12-8-7-9-13-24)36-32(41)42-33(3,4)5/h1,7-18,27,29H,20-21H2,2-5H3,(H,36,41)(H,37,39). The molecule has 9 heteroatoms. The van der Waals surface area contributed by atoms with Crippen LogP contribution < -0.4 is 10.6 Å². The van der Waals surface area contributed by atoms with E-state index >= 15 is 0 Å². The molecule has 0 aliphatic carbocycles. The van der Waals surface area contributed by atoms with Gasteiger partial charge < -0.3 is 20.3 Å². The number of alkyl carbamates (subject to hydrolysis) is 1. The Bertz CT molecular complexity index is 1480. The lowest BCUT2D eigenvalue weighted by Gasteiger charge is -2.33. The third kappa shape index (κ3) is 8.60. The largest absolute Gasteiger partial charge is 0.444 e. The summed E-state index contributed by atoms with van der Waals surface area (Å²) in [6.07, 6.45) is 4.81. The van der Waals surface area contributed by atoms with Crippen molar-refractivity contribution >= 4 is 35.2 Å². The van der Waals surface area contributed by atoms with E-state index in [2.05, 4.69) is 16.6 Å². The zero-order chi connectivity index (χ0) is 30.9. The van der Waals surface area contributed by atoms with Crippen molar-refractivity contribution in [2.45, 2.75) is 51.8 Å². The van der Waals surface area contributed by atoms with Crippen LogP contribution in [-0.2, 0) is 20.7 Å². The smallest absolute Gasteiger partial charge is 0.408 e. The number of anilines is 1. The monoisotopic (exact) mass is 584 g/mol. The Balaban J connectivity index is 2.08. The minimum absolute atomic E-state index is 0.0921. The van der Waals surface area contributed by atoms with E-state index in [4.69, 9.17) is 22.8 Å². The number of nitrogens with zero attached hydrogens (tertiary/aromatic N) is 2. The molecular weight excluding hydrogens is 552 g/mol. The Morgan fingerprint density at radius 1 is 1.02 bits per heavy atom. The molecule has 0 aliphatic heterocycles. The summed E-state index contributed by atoms with van der Waals surface area (Å²) >= 11 is 6.39. The molecule has 3 aromatic carbocycles. The van der Waals surface area contributed by atoms with Crippen LogP contribution in [0.5, 0.6) is 0 Å². The van der Waals surface area contributed by atoms with Crippen LogP contribution in [0.2, 0.25) is 5.02 Å². The van der Waals surface area contributed by atoms with Gasteiger partial charge in [0.25, 0.3) is 5.91 Å². The van der Waals surface area contributed by atoms with Gasteiger partial charge in [-0.2, -0.15) is 5.26 Å². The third-order valence-corrected chi connectivity index (χ3v) is 6.53. The second-order valence-electron chi connectivity index (χ2n) is 10.6. The fraction of sp³-hybridized carbons (Fsp3) is 0.273. The fourth-order valence-electron chi connectivity index (χ4n) is 4.29. The van der Waals surface area contributed by atoms with E-state index in [0.717, 1.165) is 10.5 Å². The van der Waals surface area contributed by atoms with E-state index in [1.807, 2.05) is 36.4 Å². The van der Waals surface area contributed by atoms with Crippen LogP contribution in [0, 0.1) is 30.6 Å². The first-order valence-electron chi connectivity index (χ1n) is 13.3. The van der Waals surface area contributed by atoms with Crippen LogP contribution in [0.3, 0.4) is 0 Å². The van der Waals surface area contributed by atoms with Crippen molar-refractivity contribution in [1.29, 1.82) is 5.26 Å². The van der Waals surface area contributed by atoms with E-state index < -0.39 is 42.1 Å². The quantitative estimate of drug-likeness (QED) is 0.244. The number of para-hydroxylation sites is 1. The van der Waals surface area contributed by atoms with Crippen LogP contribution in [-0.4, -0.2) is 41.0 Å². The van der Waals surface area contributed by atoms with E-state index in [0.29, 0.717) is 27.4 Å². The second kappa shape index (κ2) is 14.2. The molecule has 3 aromatic rings. The maximum atomic E-state index is 14.2. The highest BCUT2D eigenvalue weighted by Crippen LogP contribution is 2.29. The number of nitriles is 1. The topological polar surface area (TPSA) is 112 Å². The van der Waals surface area contributed by atoms with E-state index in [-0.39, 0.29) is 6.42 Å². The van der Waals surface area contributed by atoms with E-state index in [1.165, 1.54) is 0 Å². The zero-order valence-corrected chi connectivity index (χ0v) is 24.7. The van der Waals surface area contributed by atoms with Crippen LogP contribution >= 0.6 is 11.6 Å². The molecule has 0 bridgehead atoms. The van der Waals surface area contributed by atoms with Gasteiger partial charge in [0.2, 0.25) is 5.91 Å². The number of aryl methyl sites for hydroxylation is 1. The first kappa shape index (κ1) is 31.7. The number of terminal acetylenes is 1. The maximum Gasteiger partial charge on any atom is 0.408 e. The highest BCUT2D eigenvalue weighted by atomic mass is 35.5. The summed E-state index contributed by atoms with van der Waals surface area (Å²) in [4.78, 5) is 42.2. The number of ether oxygens (including phenoxy) is 1. The molecule has 3 rings (SSSR count). The molecule has 42 heavy (non-hydrogen) atoms. The zero-order valence-electron chi connectivity index (χ0n) is 24.0. The number of rotatable bonds is 9. The van der Waals surface area contributed by atoms with Crippen LogP contribution in [0.15, 0.2) is 72.8 Å². The molecule has 2 N–H and O–H groups in total. The summed E-state index contributed by atoms with van der Waals surface area (Å²) in [5.74, 6) is 1.28. The number of carbonyl (C=O) groups is 3. The fourth-order valence-corrected chi connectivity index (χ4v) is 4.56. The van der Waals surface area contributed by atoms with Crippen molar-refractivity contribution in [3.8, 4) is 18.4 Å². The molecular formula is C33H33ClN4O4. The van der Waals surface area contributed by atoms with E-state index in [1.54, 1.807) is 70.2 Å². The summed E-state index contributed by atoms with van der Waals surface area (Å²) in [6, 6.07) is 20.4. The average molecular weight is 585 g/mol. The SMILES string of the molecule is C#Cc1ccc(C(C(=O)Nc2c(C)cccc2Cl)N(CC#N)C(=O)C(Cc2ccccc2)NC(=O)OC(C)(C)C)cc1. The molecule has 0 saturated carbocycles. The van der Waals surface area contributed by atoms with Gasteiger partial charge in [-0.1, -0.05) is 72.1 Å². The van der Waals surface area contributed by atoms with Crippen molar-refractivity contribution in [3.63, 3.8) is 0 Å². The van der Waals surface area contributed by atoms with Gasteiger partial charge >= 0.3 is 6.09 Å². The van der Waals surface area contributed by atoms with Gasteiger partial charge in [0, 0.05) is 12.0 Å². The summed E-state index contributed by atoms with van der Waals surface area (Å²) in [5, 5.41) is 15.6. The Morgan fingerprint density at radius 2 is 1.69 bits per heavy atom.